The summed E-state index contributed by atoms with van der Waals surface area (Å²) in [5, 5.41) is 11.7. The largest absolute Gasteiger partial charge is 0.435 e. The average Bonchev–Trinajstić information content (AvgIpc) is 3.15. The van der Waals surface area contributed by atoms with E-state index in [0.29, 0.717) is 21.3 Å². The number of aromatic nitrogens is 2. The first kappa shape index (κ1) is 20.2. The molecular formula is C18H11Cl2F2N3O2S. The topological polar surface area (TPSA) is 64.1 Å². The monoisotopic (exact) mass is 441 g/mol. The summed E-state index contributed by atoms with van der Waals surface area (Å²) in [6.07, 6.45) is 1.58. The number of ether oxygens (including phenoxy) is 1. The summed E-state index contributed by atoms with van der Waals surface area (Å²) in [5.74, 6) is -0.385. The summed E-state index contributed by atoms with van der Waals surface area (Å²) in [5.41, 5.74) is 1.22. The van der Waals surface area contributed by atoms with Crippen LogP contribution in [0.25, 0.3) is 11.1 Å². The second-order valence-electron chi connectivity index (χ2n) is 5.31. The van der Waals surface area contributed by atoms with E-state index in [1.165, 1.54) is 12.1 Å². The van der Waals surface area contributed by atoms with E-state index in [9.17, 15) is 13.6 Å². The number of hydrogen-bond acceptors (Lipinski definition) is 5. The summed E-state index contributed by atoms with van der Waals surface area (Å²) in [6, 6.07) is 12.6. The van der Waals surface area contributed by atoms with Gasteiger partial charge in [-0.1, -0.05) is 46.7 Å². The molecule has 1 amide bonds. The van der Waals surface area contributed by atoms with Crippen molar-refractivity contribution in [2.75, 3.05) is 5.32 Å². The predicted molar refractivity (Wildman–Crippen MR) is 106 cm³/mol. The Bertz CT molecular complexity index is 993. The Morgan fingerprint density at radius 2 is 1.71 bits per heavy atom. The van der Waals surface area contributed by atoms with Crippen molar-refractivity contribution in [2.24, 2.45) is 0 Å². The van der Waals surface area contributed by atoms with Crippen molar-refractivity contribution in [1.82, 2.24) is 10.2 Å². The summed E-state index contributed by atoms with van der Waals surface area (Å²) >= 11 is 13.1. The zero-order chi connectivity index (χ0) is 20.1. The average molecular weight is 442 g/mol. The second kappa shape index (κ2) is 9.09. The fraction of sp³-hybridized carbons (Fsp3) is 0.0556. The molecule has 1 aromatic heterocycles. The van der Waals surface area contributed by atoms with E-state index in [1.807, 2.05) is 0 Å². The zero-order valence-electron chi connectivity index (χ0n) is 13.9. The zero-order valence-corrected chi connectivity index (χ0v) is 16.2. The lowest BCUT2D eigenvalue weighted by atomic mass is 10.2. The maximum atomic E-state index is 12.2. The van der Waals surface area contributed by atoms with Crippen molar-refractivity contribution in [1.29, 1.82) is 0 Å². The third-order valence-corrected chi connectivity index (χ3v) is 4.93. The van der Waals surface area contributed by atoms with Crippen molar-refractivity contribution >= 4 is 57.2 Å². The first-order chi connectivity index (χ1) is 13.4. The van der Waals surface area contributed by atoms with Crippen LogP contribution in [0.2, 0.25) is 5.02 Å². The number of halogens is 4. The predicted octanol–water partition coefficient (Wildman–Crippen LogP) is 5.78. The Balaban J connectivity index is 1.69. The van der Waals surface area contributed by atoms with Crippen LogP contribution < -0.4 is 10.1 Å². The van der Waals surface area contributed by atoms with Gasteiger partial charge in [0.25, 0.3) is 5.91 Å². The van der Waals surface area contributed by atoms with Gasteiger partial charge in [0.1, 0.15) is 5.75 Å². The number of hydrogen-bond donors (Lipinski definition) is 1. The molecule has 0 aliphatic rings. The third kappa shape index (κ3) is 5.48. The normalized spacial score (nSPS) is 11.5. The molecule has 0 aliphatic heterocycles. The van der Waals surface area contributed by atoms with Crippen LogP contribution in [-0.2, 0) is 0 Å². The highest BCUT2D eigenvalue weighted by molar-refractivity contribution is 7.15. The molecule has 10 heteroatoms. The number of benzene rings is 2. The molecule has 0 saturated heterocycles. The summed E-state index contributed by atoms with van der Waals surface area (Å²) in [7, 11) is 0. The van der Waals surface area contributed by atoms with Gasteiger partial charge in [0.2, 0.25) is 5.01 Å². The molecule has 0 bridgehead atoms. The molecule has 0 fully saturated rings. The van der Waals surface area contributed by atoms with Gasteiger partial charge in [-0.3, -0.25) is 4.79 Å². The molecule has 0 aliphatic carbocycles. The number of anilines is 1. The molecule has 5 nitrogen and oxygen atoms in total. The van der Waals surface area contributed by atoms with Gasteiger partial charge in [-0.25, -0.2) is 0 Å². The molecule has 0 saturated carbocycles. The fourth-order valence-electron chi connectivity index (χ4n) is 2.08. The lowest BCUT2D eigenvalue weighted by Gasteiger charge is -2.04. The number of amides is 1. The van der Waals surface area contributed by atoms with Crippen LogP contribution in [0.4, 0.5) is 14.5 Å². The van der Waals surface area contributed by atoms with E-state index >= 15 is 0 Å². The van der Waals surface area contributed by atoms with Crippen molar-refractivity contribution in [2.45, 2.75) is 6.61 Å². The van der Waals surface area contributed by atoms with Crippen molar-refractivity contribution in [3.63, 3.8) is 0 Å². The van der Waals surface area contributed by atoms with E-state index in [4.69, 9.17) is 23.2 Å². The van der Waals surface area contributed by atoms with Crippen LogP contribution in [0.5, 0.6) is 5.75 Å². The minimum atomic E-state index is -2.89. The van der Waals surface area contributed by atoms with Crippen molar-refractivity contribution in [3.8, 4) is 5.75 Å². The lowest BCUT2D eigenvalue weighted by molar-refractivity contribution is -0.0498. The van der Waals surface area contributed by atoms with E-state index in [0.717, 1.165) is 11.3 Å². The van der Waals surface area contributed by atoms with Crippen molar-refractivity contribution in [3.05, 3.63) is 69.1 Å². The summed E-state index contributed by atoms with van der Waals surface area (Å²) in [6.45, 7) is -2.89. The highest BCUT2D eigenvalue weighted by Crippen LogP contribution is 2.26. The molecule has 144 valence electrons. The number of carbonyl (C=O) groups excluding carboxylic acids is 1. The molecule has 1 N–H and O–H groups in total. The molecule has 3 rings (SSSR count). The second-order valence-corrected chi connectivity index (χ2v) is 7.13. The van der Waals surface area contributed by atoms with Crippen LogP contribution in [0.1, 0.15) is 20.4 Å². The Kier molecular flexibility index (Phi) is 6.56. The maximum Gasteiger partial charge on any atom is 0.387 e. The number of nitrogens with one attached hydrogen (secondary N) is 1. The Labute approximate surface area is 172 Å². The standard InChI is InChI=1S/C18H11Cl2F2N3O2S/c19-11-3-5-12(6-4-11)23-15(26)17-25-24-16(28-17)14(20)9-10-1-7-13(8-2-10)27-18(21)22/h1-9,18H,(H,23,26)/b14-9-. The van der Waals surface area contributed by atoms with Gasteiger partial charge in [-0.15, -0.1) is 10.2 Å². The minimum absolute atomic E-state index is 0.0420. The van der Waals surface area contributed by atoms with Gasteiger partial charge in [0.05, 0.1) is 5.03 Å². The van der Waals surface area contributed by atoms with Crippen LogP contribution in [0.3, 0.4) is 0 Å². The van der Waals surface area contributed by atoms with Crippen molar-refractivity contribution < 1.29 is 18.3 Å². The van der Waals surface area contributed by atoms with Crippen LogP contribution in [0, 0.1) is 0 Å². The number of carbonyl (C=O) groups is 1. The molecule has 0 atom stereocenters. The Morgan fingerprint density at radius 1 is 1.07 bits per heavy atom. The SMILES string of the molecule is O=C(Nc1ccc(Cl)cc1)c1nnc(/C(Cl)=C/c2ccc(OC(F)F)cc2)s1. The molecule has 3 aromatic rings. The van der Waals surface area contributed by atoms with E-state index in [-0.39, 0.29) is 15.8 Å². The summed E-state index contributed by atoms with van der Waals surface area (Å²) in [4.78, 5) is 12.2. The number of rotatable bonds is 6. The quantitative estimate of drug-likeness (QED) is 0.526. The van der Waals surface area contributed by atoms with Gasteiger partial charge in [-0.2, -0.15) is 8.78 Å². The Hall–Kier alpha value is -2.55. The van der Waals surface area contributed by atoms with Gasteiger partial charge >= 0.3 is 6.61 Å². The first-order valence-corrected chi connectivity index (χ1v) is 9.31. The van der Waals surface area contributed by atoms with E-state index in [1.54, 1.807) is 42.5 Å². The highest BCUT2D eigenvalue weighted by Gasteiger charge is 2.15. The molecule has 28 heavy (non-hydrogen) atoms. The maximum absolute atomic E-state index is 12.2. The van der Waals surface area contributed by atoms with Crippen LogP contribution in [-0.4, -0.2) is 22.7 Å². The van der Waals surface area contributed by atoms with Crippen LogP contribution in [0.15, 0.2) is 48.5 Å². The molecule has 0 radical (unpaired) electrons. The van der Waals surface area contributed by atoms with Gasteiger partial charge in [-0.05, 0) is 48.0 Å². The third-order valence-electron chi connectivity index (χ3n) is 3.32. The molecular weight excluding hydrogens is 431 g/mol. The fourth-order valence-corrected chi connectivity index (χ4v) is 3.13. The summed E-state index contributed by atoms with van der Waals surface area (Å²) < 4.78 is 28.6. The minimum Gasteiger partial charge on any atom is -0.435 e. The lowest BCUT2D eigenvalue weighted by Crippen LogP contribution is -2.11. The van der Waals surface area contributed by atoms with Crippen LogP contribution >= 0.6 is 34.5 Å². The smallest absolute Gasteiger partial charge is 0.387 e. The number of nitrogens with zero attached hydrogens (tertiary/aromatic N) is 2. The van der Waals surface area contributed by atoms with E-state index in [2.05, 4.69) is 20.3 Å². The van der Waals surface area contributed by atoms with Gasteiger partial charge in [0, 0.05) is 10.7 Å². The molecule has 2 aromatic carbocycles. The Morgan fingerprint density at radius 3 is 2.36 bits per heavy atom. The van der Waals surface area contributed by atoms with Gasteiger partial charge in [0.15, 0.2) is 5.01 Å². The molecule has 0 unspecified atom stereocenters. The first-order valence-electron chi connectivity index (χ1n) is 7.73. The van der Waals surface area contributed by atoms with E-state index < -0.39 is 12.5 Å². The number of alkyl halides is 2. The van der Waals surface area contributed by atoms with Gasteiger partial charge < -0.3 is 10.1 Å². The highest BCUT2D eigenvalue weighted by atomic mass is 35.5. The molecule has 0 spiro atoms. The molecule has 1 heterocycles.